The van der Waals surface area contributed by atoms with Gasteiger partial charge in [0.2, 0.25) is 0 Å². The number of benzene rings is 1. The molecule has 0 atom stereocenters. The van der Waals surface area contributed by atoms with Crippen molar-refractivity contribution in [2.75, 3.05) is 11.4 Å². The summed E-state index contributed by atoms with van der Waals surface area (Å²) < 4.78 is 32.2. The topological polar surface area (TPSA) is 112 Å². The molecule has 0 N–H and O–H groups in total. The van der Waals surface area contributed by atoms with E-state index in [1.807, 2.05) is 0 Å². The van der Waals surface area contributed by atoms with Crippen molar-refractivity contribution < 1.29 is 17.9 Å². The summed E-state index contributed by atoms with van der Waals surface area (Å²) in [6.07, 6.45) is -0.122. The third kappa shape index (κ3) is 3.15. The Hall–Kier alpha value is -2.25. The maximum atomic E-state index is 12.3. The van der Waals surface area contributed by atoms with E-state index in [1.165, 1.54) is 11.0 Å². The van der Waals surface area contributed by atoms with Gasteiger partial charge in [-0.15, -0.1) is 0 Å². The Balaban J connectivity index is 2.51. The van der Waals surface area contributed by atoms with E-state index < -0.39 is 21.7 Å². The van der Waals surface area contributed by atoms with Gasteiger partial charge in [-0.3, -0.25) is 4.90 Å². The fourth-order valence-corrected chi connectivity index (χ4v) is 3.14. The van der Waals surface area contributed by atoms with E-state index in [0.29, 0.717) is 18.5 Å². The maximum absolute atomic E-state index is 12.3. The number of carbonyl (C=O) groups excluding carboxylic acids is 1. The predicted molar refractivity (Wildman–Crippen MR) is 80.1 cm³/mol. The number of ether oxygens (including phenoxy) is 1. The van der Waals surface area contributed by atoms with Gasteiger partial charge < -0.3 is 4.74 Å². The molecule has 0 aromatic heterocycles. The molecule has 1 aromatic rings. The summed E-state index contributed by atoms with van der Waals surface area (Å²) in [7, 11) is -4.19. The number of amides is 1. The lowest BCUT2D eigenvalue weighted by Crippen LogP contribution is -2.36. The smallest absolute Gasteiger partial charge is 0.414 e. The number of hydrogen-bond donors (Lipinski definition) is 0. The molecule has 0 saturated carbocycles. The first-order chi connectivity index (χ1) is 10.2. The quantitative estimate of drug-likeness (QED) is 0.472. The van der Waals surface area contributed by atoms with E-state index in [9.17, 15) is 13.2 Å². The molecule has 2 rings (SSSR count). The van der Waals surface area contributed by atoms with Crippen molar-refractivity contribution in [3.05, 3.63) is 34.2 Å². The first-order valence-corrected chi connectivity index (χ1v) is 8.03. The van der Waals surface area contributed by atoms with E-state index in [4.69, 9.17) is 10.3 Å². The number of rotatable bonds is 2. The largest absolute Gasteiger partial charge is 0.443 e. The zero-order valence-electron chi connectivity index (χ0n) is 12.5. The van der Waals surface area contributed by atoms with Crippen LogP contribution in [0, 0.1) is 0 Å². The van der Waals surface area contributed by atoms with Gasteiger partial charge >= 0.3 is 6.09 Å². The summed E-state index contributed by atoms with van der Waals surface area (Å²) in [5.74, 6) is 0. The Kier molecular flexibility index (Phi) is 4.04. The van der Waals surface area contributed by atoms with Crippen LogP contribution in [0.5, 0.6) is 0 Å². The fourth-order valence-electron chi connectivity index (χ4n) is 2.22. The van der Waals surface area contributed by atoms with Crippen LogP contribution in [0.25, 0.3) is 10.4 Å². The SMILES string of the molecule is CC(C)(C)OC(=O)N1CCc2cccc(S(=O)(=O)N=[N+]=[N-])c21. The van der Waals surface area contributed by atoms with Crippen molar-refractivity contribution in [1.29, 1.82) is 0 Å². The molecule has 8 nitrogen and oxygen atoms in total. The molecular weight excluding hydrogens is 308 g/mol. The van der Waals surface area contributed by atoms with Crippen LogP contribution in [0.4, 0.5) is 10.5 Å². The molecule has 1 aliphatic rings. The average molecular weight is 324 g/mol. The van der Waals surface area contributed by atoms with E-state index in [-0.39, 0.29) is 10.6 Å². The molecule has 0 radical (unpaired) electrons. The van der Waals surface area contributed by atoms with E-state index in [1.54, 1.807) is 32.9 Å². The van der Waals surface area contributed by atoms with Gasteiger partial charge in [0.1, 0.15) is 5.60 Å². The Bertz CT molecular complexity index is 761. The van der Waals surface area contributed by atoms with Crippen molar-refractivity contribution in [2.45, 2.75) is 37.7 Å². The number of fused-ring (bicyclic) bond motifs is 1. The Labute approximate surface area is 128 Å². The molecule has 1 aliphatic heterocycles. The van der Waals surface area contributed by atoms with Crippen molar-refractivity contribution in [3.8, 4) is 0 Å². The molecule has 0 aliphatic carbocycles. The standard InChI is InChI=1S/C13H16N4O4S/c1-13(2,3)21-12(18)17-8-7-9-5-4-6-10(11(9)17)22(19,20)16-15-14/h4-6H,7-8H2,1-3H3. The van der Waals surface area contributed by atoms with Crippen LogP contribution in [-0.4, -0.2) is 26.7 Å². The highest BCUT2D eigenvalue weighted by Crippen LogP contribution is 2.36. The van der Waals surface area contributed by atoms with E-state index >= 15 is 0 Å². The molecule has 1 aromatic carbocycles. The van der Waals surface area contributed by atoms with Crippen molar-refractivity contribution in [2.24, 2.45) is 4.52 Å². The number of carbonyl (C=O) groups is 1. The lowest BCUT2D eigenvalue weighted by molar-refractivity contribution is 0.0583. The van der Waals surface area contributed by atoms with Gasteiger partial charge in [-0.2, -0.15) is 0 Å². The van der Waals surface area contributed by atoms with Gasteiger partial charge in [-0.1, -0.05) is 12.1 Å². The molecule has 118 valence electrons. The molecule has 1 amide bonds. The summed E-state index contributed by atoms with van der Waals surface area (Å²) in [4.78, 5) is 15.7. The number of hydrogen-bond acceptors (Lipinski definition) is 4. The van der Waals surface area contributed by atoms with Gasteiger partial charge in [0.05, 0.1) is 10.6 Å². The number of anilines is 1. The van der Waals surface area contributed by atoms with Crippen LogP contribution in [0.2, 0.25) is 0 Å². The van der Waals surface area contributed by atoms with Crippen LogP contribution >= 0.6 is 0 Å². The third-order valence-electron chi connectivity index (χ3n) is 2.99. The second-order valence-electron chi connectivity index (χ2n) is 5.79. The van der Waals surface area contributed by atoms with Gasteiger partial charge in [0.15, 0.2) is 0 Å². The molecule has 0 fully saturated rings. The van der Waals surface area contributed by atoms with Gasteiger partial charge in [0, 0.05) is 16.0 Å². The van der Waals surface area contributed by atoms with Crippen LogP contribution in [0.3, 0.4) is 0 Å². The monoisotopic (exact) mass is 324 g/mol. The minimum Gasteiger partial charge on any atom is -0.443 e. The van der Waals surface area contributed by atoms with Gasteiger partial charge in [-0.25, -0.2) is 13.2 Å². The summed E-state index contributed by atoms with van der Waals surface area (Å²) in [6.45, 7) is 5.49. The zero-order valence-corrected chi connectivity index (χ0v) is 13.3. The molecule has 0 spiro atoms. The lowest BCUT2D eigenvalue weighted by Gasteiger charge is -2.25. The van der Waals surface area contributed by atoms with Crippen LogP contribution in [0.15, 0.2) is 27.6 Å². The summed E-state index contributed by atoms with van der Waals surface area (Å²) in [5.41, 5.74) is 8.64. The van der Waals surface area contributed by atoms with Crippen LogP contribution in [-0.2, 0) is 21.2 Å². The molecule has 0 saturated heterocycles. The summed E-state index contributed by atoms with van der Waals surface area (Å²) in [5, 5.41) is 0. The Morgan fingerprint density at radius 2 is 2.09 bits per heavy atom. The van der Waals surface area contributed by atoms with Crippen molar-refractivity contribution >= 4 is 21.8 Å². The van der Waals surface area contributed by atoms with E-state index in [2.05, 4.69) is 9.43 Å². The molecule has 9 heteroatoms. The predicted octanol–water partition coefficient (Wildman–Crippen LogP) is 2.98. The Morgan fingerprint density at radius 1 is 1.41 bits per heavy atom. The average Bonchev–Trinajstić information content (AvgIpc) is 2.80. The maximum Gasteiger partial charge on any atom is 0.414 e. The summed E-state index contributed by atoms with van der Waals surface area (Å²) >= 11 is 0. The van der Waals surface area contributed by atoms with Gasteiger partial charge in [0.25, 0.3) is 10.0 Å². The minimum atomic E-state index is -4.19. The number of azide groups is 1. The second kappa shape index (κ2) is 5.51. The van der Waals surface area contributed by atoms with Crippen molar-refractivity contribution in [1.82, 2.24) is 0 Å². The van der Waals surface area contributed by atoms with Crippen LogP contribution in [0.1, 0.15) is 26.3 Å². The highest BCUT2D eigenvalue weighted by atomic mass is 32.2. The molecule has 0 bridgehead atoms. The molecule has 1 heterocycles. The number of sulfonamides is 1. The van der Waals surface area contributed by atoms with Crippen LogP contribution < -0.4 is 4.90 Å². The number of nitrogens with zero attached hydrogens (tertiary/aromatic N) is 4. The summed E-state index contributed by atoms with van der Waals surface area (Å²) in [6, 6.07) is 4.59. The Morgan fingerprint density at radius 3 is 2.68 bits per heavy atom. The first-order valence-electron chi connectivity index (χ1n) is 6.59. The number of para-hydroxylation sites is 1. The lowest BCUT2D eigenvalue weighted by atomic mass is 10.2. The molecular formula is C13H16N4O4S. The van der Waals surface area contributed by atoms with E-state index in [0.717, 1.165) is 0 Å². The normalized spacial score (nSPS) is 14.2. The molecule has 0 unspecified atom stereocenters. The zero-order chi connectivity index (χ0) is 16.5. The van der Waals surface area contributed by atoms with Crippen molar-refractivity contribution in [3.63, 3.8) is 0 Å². The highest BCUT2D eigenvalue weighted by Gasteiger charge is 2.33. The molecule has 22 heavy (non-hydrogen) atoms. The third-order valence-corrected chi connectivity index (χ3v) is 4.17. The fraction of sp³-hybridized carbons (Fsp3) is 0.462. The minimum absolute atomic E-state index is 0.189. The highest BCUT2D eigenvalue weighted by molar-refractivity contribution is 7.90. The second-order valence-corrected chi connectivity index (χ2v) is 7.35. The first kappa shape index (κ1) is 16.1. The van der Waals surface area contributed by atoms with Gasteiger partial charge in [-0.05, 0) is 44.4 Å².